The van der Waals surface area contributed by atoms with Crippen molar-refractivity contribution in [2.45, 2.75) is 96.6 Å². The molecule has 8 rings (SSSR count). The van der Waals surface area contributed by atoms with E-state index < -0.39 is 5.97 Å². The van der Waals surface area contributed by atoms with E-state index >= 15 is 0 Å². The van der Waals surface area contributed by atoms with Gasteiger partial charge in [-0.15, -0.1) is 0 Å². The molecule has 0 spiro atoms. The van der Waals surface area contributed by atoms with E-state index in [-0.39, 0.29) is 29.0 Å². The summed E-state index contributed by atoms with van der Waals surface area (Å²) in [5.74, 6) is 2.04. The van der Waals surface area contributed by atoms with Crippen LogP contribution in [0.15, 0.2) is 104 Å². The number of fused-ring (bicyclic) bond motifs is 2. The number of nitrogens with one attached hydrogen (secondary N) is 3. The van der Waals surface area contributed by atoms with Gasteiger partial charge < -0.3 is 35.1 Å². The Hall–Kier alpha value is -6.93. The van der Waals surface area contributed by atoms with Gasteiger partial charge in [-0.2, -0.15) is 5.10 Å². The number of likely N-dealkylation sites (tertiary alicyclic amines) is 1. The molecule has 0 aliphatic carbocycles. The highest BCUT2D eigenvalue weighted by Gasteiger charge is 2.29. The molecule has 1 fully saturated rings. The molecule has 1 aliphatic rings. The van der Waals surface area contributed by atoms with Crippen molar-refractivity contribution >= 4 is 57.1 Å². The zero-order valence-electron chi connectivity index (χ0n) is 38.9. The van der Waals surface area contributed by atoms with Crippen molar-refractivity contribution in [2.24, 2.45) is 0 Å². The van der Waals surface area contributed by atoms with Crippen LogP contribution < -0.4 is 20.1 Å². The number of benzene rings is 4. The van der Waals surface area contributed by atoms with Crippen LogP contribution >= 0.6 is 11.6 Å². The maximum absolute atomic E-state index is 13.5. The van der Waals surface area contributed by atoms with E-state index in [0.29, 0.717) is 54.2 Å². The summed E-state index contributed by atoms with van der Waals surface area (Å²) < 4.78 is 13.9. The minimum absolute atomic E-state index is 0.00184. The molecule has 68 heavy (non-hydrogen) atoms. The van der Waals surface area contributed by atoms with Crippen molar-refractivity contribution in [3.05, 3.63) is 114 Å². The maximum Gasteiger partial charge on any atom is 0.337 e. The molecule has 1 aliphatic heterocycles. The number of unbranched alkanes of at least 4 members (excludes halogenated alkanes) is 5. The molecule has 354 valence electrons. The normalized spacial score (nSPS) is 14.0. The highest BCUT2D eigenvalue weighted by atomic mass is 35.5. The number of H-pyrrole nitrogens is 1. The smallest absolute Gasteiger partial charge is 0.337 e. The number of piperidine rings is 1. The number of nitrogens with zero attached hydrogens (tertiary/aromatic N) is 5. The molecule has 0 bridgehead atoms. The third-order valence-electron chi connectivity index (χ3n) is 12.1. The van der Waals surface area contributed by atoms with E-state index in [4.69, 9.17) is 31.2 Å². The average molecular weight is 940 g/mol. The third kappa shape index (κ3) is 12.0. The topological polar surface area (TPSA) is 177 Å². The van der Waals surface area contributed by atoms with Crippen LogP contribution in [0.5, 0.6) is 17.2 Å². The van der Waals surface area contributed by atoms with Crippen LogP contribution in [0.2, 0.25) is 5.02 Å². The lowest BCUT2D eigenvalue weighted by atomic mass is 10.0. The number of ether oxygens (including phenoxy) is 2. The number of anilines is 1. The summed E-state index contributed by atoms with van der Waals surface area (Å²) in [6.07, 6.45) is 11.4. The molecule has 2 amide bonds. The largest absolute Gasteiger partial charge is 0.492 e. The monoisotopic (exact) mass is 938 g/mol. The first-order chi connectivity index (χ1) is 32.9. The average Bonchev–Trinajstić information content (AvgIpc) is 3.94. The summed E-state index contributed by atoms with van der Waals surface area (Å²) in [7, 11) is 0. The Morgan fingerprint density at radius 2 is 1.54 bits per heavy atom. The number of aromatic nitrogens is 5. The number of hydrogen-bond acceptors (Lipinski definition) is 9. The van der Waals surface area contributed by atoms with Gasteiger partial charge in [0.05, 0.1) is 28.6 Å². The Morgan fingerprint density at radius 1 is 0.853 bits per heavy atom. The first-order valence-corrected chi connectivity index (χ1v) is 23.9. The van der Waals surface area contributed by atoms with Gasteiger partial charge in [0, 0.05) is 59.7 Å². The zero-order chi connectivity index (χ0) is 47.6. The highest BCUT2D eigenvalue weighted by molar-refractivity contribution is 6.34. The Kier molecular flexibility index (Phi) is 15.2. The van der Waals surface area contributed by atoms with E-state index in [1.807, 2.05) is 88.4 Å². The number of para-hydroxylation sites is 1. The number of rotatable bonds is 20. The summed E-state index contributed by atoms with van der Waals surface area (Å²) >= 11 is 6.52. The van der Waals surface area contributed by atoms with Gasteiger partial charge in [0.25, 0.3) is 0 Å². The number of carboxylic acids is 1. The van der Waals surface area contributed by atoms with Crippen LogP contribution in [0.1, 0.15) is 101 Å². The first-order valence-electron chi connectivity index (χ1n) is 23.6. The number of carboxylic acid groups (broad SMARTS) is 1. The lowest BCUT2D eigenvalue weighted by Gasteiger charge is -2.33. The summed E-state index contributed by atoms with van der Waals surface area (Å²) in [5.41, 5.74) is 4.61. The molecule has 4 N–H and O–H groups in total. The van der Waals surface area contributed by atoms with Gasteiger partial charge in [-0.25, -0.2) is 19.4 Å². The molecule has 4 aromatic carbocycles. The van der Waals surface area contributed by atoms with Gasteiger partial charge in [-0.1, -0.05) is 67.6 Å². The van der Waals surface area contributed by atoms with Crippen molar-refractivity contribution in [1.29, 1.82) is 0 Å². The van der Waals surface area contributed by atoms with E-state index in [0.717, 1.165) is 109 Å². The van der Waals surface area contributed by atoms with E-state index in [9.17, 15) is 19.5 Å². The maximum atomic E-state index is 13.5. The van der Waals surface area contributed by atoms with Gasteiger partial charge >= 0.3 is 5.97 Å². The zero-order valence-corrected chi connectivity index (χ0v) is 39.7. The van der Waals surface area contributed by atoms with Crippen molar-refractivity contribution < 1.29 is 29.0 Å². The van der Waals surface area contributed by atoms with Crippen molar-refractivity contribution in [3.63, 3.8) is 0 Å². The molecule has 1 saturated heterocycles. The van der Waals surface area contributed by atoms with Gasteiger partial charge in [0.1, 0.15) is 41.7 Å². The van der Waals surface area contributed by atoms with E-state index in [1.54, 1.807) is 18.5 Å². The molecular weight excluding hydrogens is 880 g/mol. The number of amides is 2. The van der Waals surface area contributed by atoms with E-state index in [2.05, 4.69) is 41.4 Å². The molecule has 3 aromatic heterocycles. The Bertz CT molecular complexity index is 2840. The quantitative estimate of drug-likeness (QED) is 0.0538. The Balaban J connectivity index is 0.746. The Labute approximate surface area is 401 Å². The van der Waals surface area contributed by atoms with Gasteiger partial charge in [0.2, 0.25) is 11.8 Å². The minimum Gasteiger partial charge on any atom is -0.492 e. The van der Waals surface area contributed by atoms with Crippen molar-refractivity contribution in [1.82, 2.24) is 34.9 Å². The lowest BCUT2D eigenvalue weighted by Crippen LogP contribution is -2.40. The standard InChI is InChI=1S/C53H59ClN8O6/c1-53(2,3)59-50-48-49(36-21-25-40(26-22-36)68-39-15-9-8-10-16-39)60-62(51(48)58-34-57-50)37-14-13-28-61(33-37)47(64)18-12-7-5-4-6-11-17-46(63)55-27-29-67-38-23-19-35(20-24-38)41-30-42-43(52(65)66)32-56-45(42)31-44(41)54/h8-10,15-16,19-26,30-32,34,37,56H,4-7,11-14,17-18,27-29,33H2,1-3H3,(H,55,63)(H,65,66)(H,57,58,59)/t37-/m1/s1. The van der Waals surface area contributed by atoms with Crippen molar-refractivity contribution in [2.75, 3.05) is 31.6 Å². The lowest BCUT2D eigenvalue weighted by molar-refractivity contribution is -0.133. The summed E-state index contributed by atoms with van der Waals surface area (Å²) in [6.45, 7) is 8.34. The fraction of sp³-hybridized carbons (Fsp3) is 0.358. The molecule has 14 nitrogen and oxygen atoms in total. The van der Waals surface area contributed by atoms with Gasteiger partial charge in [-0.05, 0) is 113 Å². The van der Waals surface area contributed by atoms with Crippen LogP contribution in [0.4, 0.5) is 5.82 Å². The second-order valence-electron chi connectivity index (χ2n) is 18.4. The predicted molar refractivity (Wildman–Crippen MR) is 267 cm³/mol. The SMILES string of the molecule is CC(C)(C)Nc1ncnc2c1c(-c1ccc(Oc3ccccc3)cc1)nn2[C@@H]1CCCN(C(=O)CCCCCCCCC(=O)NCCOc2ccc(-c3cc4c(C(=O)O)c[nH]c4cc3Cl)cc2)C1. The first kappa shape index (κ1) is 47.6. The van der Waals surface area contributed by atoms with E-state index in [1.165, 1.54) is 6.20 Å². The van der Waals surface area contributed by atoms with Crippen molar-refractivity contribution in [3.8, 4) is 39.6 Å². The highest BCUT2D eigenvalue weighted by Crippen LogP contribution is 2.38. The number of carbonyl (C=O) groups excluding carboxylic acids is 2. The summed E-state index contributed by atoms with van der Waals surface area (Å²) in [5, 5.41) is 23.2. The fourth-order valence-electron chi connectivity index (χ4n) is 8.71. The molecule has 4 heterocycles. The number of carbonyl (C=O) groups is 3. The second kappa shape index (κ2) is 21.8. The summed E-state index contributed by atoms with van der Waals surface area (Å²) in [4.78, 5) is 52.0. The molecule has 0 unspecified atom stereocenters. The third-order valence-corrected chi connectivity index (χ3v) is 12.4. The number of aromatic carboxylic acids is 1. The fourth-order valence-corrected chi connectivity index (χ4v) is 8.99. The molecule has 7 aromatic rings. The molecule has 0 radical (unpaired) electrons. The van der Waals surface area contributed by atoms with Gasteiger partial charge in [-0.3, -0.25) is 9.59 Å². The van der Waals surface area contributed by atoms with Crippen LogP contribution in [-0.4, -0.2) is 84.3 Å². The van der Waals surface area contributed by atoms with Crippen LogP contribution in [0, 0.1) is 0 Å². The molecular formula is C53H59ClN8O6. The number of aromatic amines is 1. The molecule has 15 heteroatoms. The molecule has 0 saturated carbocycles. The second-order valence-corrected chi connectivity index (χ2v) is 18.8. The van der Waals surface area contributed by atoms with Crippen LogP contribution in [0.3, 0.4) is 0 Å². The summed E-state index contributed by atoms with van der Waals surface area (Å²) in [6, 6.07) is 28.5. The van der Waals surface area contributed by atoms with Crippen LogP contribution in [0.25, 0.3) is 44.3 Å². The van der Waals surface area contributed by atoms with Gasteiger partial charge in [0.15, 0.2) is 5.65 Å². The minimum atomic E-state index is -1.01. The van der Waals surface area contributed by atoms with Crippen LogP contribution in [-0.2, 0) is 9.59 Å². The molecule has 1 atom stereocenters. The number of halogens is 1. The predicted octanol–water partition coefficient (Wildman–Crippen LogP) is 11.5. The number of hydrogen-bond donors (Lipinski definition) is 4. The Morgan fingerprint density at radius 3 is 2.28 bits per heavy atom.